The van der Waals surface area contributed by atoms with Gasteiger partial charge in [-0.2, -0.15) is 0 Å². The number of carbonyl (C=O) groups is 3. The first-order valence-corrected chi connectivity index (χ1v) is 9.91. The van der Waals surface area contributed by atoms with Crippen LogP contribution in [0.1, 0.15) is 22.3 Å². The summed E-state index contributed by atoms with van der Waals surface area (Å²) in [5.74, 6) is -0.532. The quantitative estimate of drug-likeness (QED) is 0.653. The van der Waals surface area contributed by atoms with Gasteiger partial charge in [0, 0.05) is 19.0 Å². The van der Waals surface area contributed by atoms with E-state index in [2.05, 4.69) is 0 Å². The fourth-order valence-corrected chi connectivity index (χ4v) is 3.66. The number of hydrogen-bond acceptors (Lipinski definition) is 7. The number of nitrogens with zero attached hydrogens (tertiary/aromatic N) is 1. The van der Waals surface area contributed by atoms with Crippen molar-refractivity contribution in [2.75, 3.05) is 20.3 Å². The fourth-order valence-electron chi connectivity index (χ4n) is 3.66. The maximum absolute atomic E-state index is 12.6. The molecule has 0 aliphatic carbocycles. The van der Waals surface area contributed by atoms with E-state index in [0.29, 0.717) is 22.8 Å². The molecule has 4 rings (SSSR count). The van der Waals surface area contributed by atoms with Crippen LogP contribution in [-0.2, 0) is 9.59 Å². The Hall–Kier alpha value is -3.85. The highest BCUT2D eigenvalue weighted by molar-refractivity contribution is 6.14. The molecule has 1 amide bonds. The van der Waals surface area contributed by atoms with Crippen LogP contribution in [0.2, 0.25) is 0 Å². The first-order chi connectivity index (χ1) is 15.4. The van der Waals surface area contributed by atoms with E-state index in [1.54, 1.807) is 43.5 Å². The lowest BCUT2D eigenvalue weighted by molar-refractivity contribution is -0.148. The fraction of sp³-hybridized carbons (Fsp3) is 0.261. The number of methoxy groups -OCH3 is 1. The van der Waals surface area contributed by atoms with Crippen molar-refractivity contribution in [3.8, 4) is 17.2 Å². The van der Waals surface area contributed by atoms with Crippen LogP contribution in [0.25, 0.3) is 6.08 Å². The van der Waals surface area contributed by atoms with Crippen molar-refractivity contribution in [3.63, 3.8) is 0 Å². The monoisotopic (exact) mass is 439 g/mol. The Bertz CT molecular complexity index is 1090. The number of aliphatic carboxylic acids is 1. The zero-order chi connectivity index (χ0) is 22.8. The summed E-state index contributed by atoms with van der Waals surface area (Å²) in [6.07, 6.45) is 0.728. The summed E-state index contributed by atoms with van der Waals surface area (Å²) < 4.78 is 16.3. The summed E-state index contributed by atoms with van der Waals surface area (Å²) in [6, 6.07) is 10.7. The van der Waals surface area contributed by atoms with Gasteiger partial charge in [0.25, 0.3) is 5.91 Å². The Balaban J connectivity index is 1.43. The molecule has 2 aliphatic rings. The second kappa shape index (κ2) is 8.72. The molecule has 1 fully saturated rings. The molecule has 32 heavy (non-hydrogen) atoms. The molecule has 2 aromatic rings. The van der Waals surface area contributed by atoms with Gasteiger partial charge < -0.3 is 29.3 Å². The molecule has 0 unspecified atom stereocenters. The molecule has 9 nitrogen and oxygen atoms in total. The molecular formula is C23H21NO8. The average molecular weight is 439 g/mol. The smallest absolute Gasteiger partial charge is 0.326 e. The molecule has 166 valence electrons. The number of amides is 1. The van der Waals surface area contributed by atoms with Gasteiger partial charge in [0.15, 0.2) is 12.4 Å². The summed E-state index contributed by atoms with van der Waals surface area (Å²) in [7, 11) is 1.57. The van der Waals surface area contributed by atoms with E-state index in [9.17, 15) is 24.6 Å². The number of carboxylic acids is 1. The van der Waals surface area contributed by atoms with Gasteiger partial charge in [-0.3, -0.25) is 9.59 Å². The zero-order valence-electron chi connectivity index (χ0n) is 17.2. The highest BCUT2D eigenvalue weighted by Crippen LogP contribution is 2.35. The molecule has 0 radical (unpaired) electrons. The highest BCUT2D eigenvalue weighted by atomic mass is 16.5. The maximum atomic E-state index is 12.6. The largest absolute Gasteiger partial charge is 0.497 e. The molecule has 0 saturated carbocycles. The molecule has 2 atom stereocenters. The third-order valence-corrected chi connectivity index (χ3v) is 5.30. The summed E-state index contributed by atoms with van der Waals surface area (Å²) in [5.41, 5.74) is 1.14. The average Bonchev–Trinajstić information content (AvgIpc) is 3.32. The number of likely N-dealkylation sites (tertiary alicyclic amines) is 1. The third kappa shape index (κ3) is 4.28. The number of benzene rings is 2. The van der Waals surface area contributed by atoms with E-state index in [4.69, 9.17) is 14.2 Å². The van der Waals surface area contributed by atoms with Gasteiger partial charge >= 0.3 is 5.97 Å². The van der Waals surface area contributed by atoms with Crippen LogP contribution in [0.15, 0.2) is 48.2 Å². The SMILES string of the molecule is COc1ccc(C=C2Oc3cc(OCC(=O)N4C[C@H](O)C[C@H]4C(=O)O)ccc3C2=O)cc1. The van der Waals surface area contributed by atoms with Crippen LogP contribution in [0.3, 0.4) is 0 Å². The van der Waals surface area contributed by atoms with Crippen molar-refractivity contribution in [2.45, 2.75) is 18.6 Å². The Kier molecular flexibility index (Phi) is 5.83. The van der Waals surface area contributed by atoms with Crippen LogP contribution in [-0.4, -0.2) is 65.2 Å². The van der Waals surface area contributed by atoms with Crippen molar-refractivity contribution in [3.05, 3.63) is 59.4 Å². The van der Waals surface area contributed by atoms with Crippen LogP contribution in [0.4, 0.5) is 0 Å². The minimum atomic E-state index is -1.17. The second-order valence-electron chi connectivity index (χ2n) is 7.45. The van der Waals surface area contributed by atoms with Gasteiger partial charge in [-0.15, -0.1) is 0 Å². The molecule has 0 spiro atoms. The Morgan fingerprint density at radius 1 is 1.19 bits per heavy atom. The van der Waals surface area contributed by atoms with E-state index in [0.717, 1.165) is 10.5 Å². The van der Waals surface area contributed by atoms with E-state index >= 15 is 0 Å². The van der Waals surface area contributed by atoms with Crippen molar-refractivity contribution >= 4 is 23.7 Å². The van der Waals surface area contributed by atoms with E-state index < -0.39 is 30.6 Å². The van der Waals surface area contributed by atoms with Crippen LogP contribution in [0.5, 0.6) is 17.2 Å². The summed E-state index contributed by atoms with van der Waals surface area (Å²) >= 11 is 0. The van der Waals surface area contributed by atoms with Crippen LogP contribution in [0, 0.1) is 0 Å². The summed E-state index contributed by atoms with van der Waals surface area (Å²) in [6.45, 7) is -0.460. The number of ketones is 1. The van der Waals surface area contributed by atoms with Crippen LogP contribution >= 0.6 is 0 Å². The van der Waals surface area contributed by atoms with Gasteiger partial charge in [0.1, 0.15) is 23.3 Å². The van der Waals surface area contributed by atoms with Crippen LogP contribution < -0.4 is 14.2 Å². The molecule has 2 heterocycles. The minimum Gasteiger partial charge on any atom is -0.497 e. The molecule has 0 bridgehead atoms. The van der Waals surface area contributed by atoms with E-state index in [1.807, 2.05) is 0 Å². The van der Waals surface area contributed by atoms with Gasteiger partial charge in [0.2, 0.25) is 5.78 Å². The number of allylic oxidation sites excluding steroid dienone is 1. The number of aliphatic hydroxyl groups excluding tert-OH is 1. The normalized spacial score (nSPS) is 20.8. The molecule has 2 aliphatic heterocycles. The maximum Gasteiger partial charge on any atom is 0.326 e. The topological polar surface area (TPSA) is 123 Å². The standard InChI is InChI=1S/C23H21NO8/c1-30-15-4-2-13(3-5-15)8-20-22(27)17-7-6-16(10-19(17)32-20)31-12-21(26)24-11-14(25)9-18(24)23(28)29/h2-8,10,14,18,25H,9,11-12H2,1H3,(H,28,29)/t14-,18+/m1/s1. The summed E-state index contributed by atoms with van der Waals surface area (Å²) in [4.78, 5) is 37.4. The number of aliphatic hydroxyl groups is 1. The van der Waals surface area contributed by atoms with Gasteiger partial charge in [-0.25, -0.2) is 4.79 Å². The number of rotatable bonds is 6. The van der Waals surface area contributed by atoms with Crippen molar-refractivity contribution in [1.29, 1.82) is 0 Å². The Morgan fingerprint density at radius 2 is 1.91 bits per heavy atom. The van der Waals surface area contributed by atoms with Gasteiger partial charge in [-0.05, 0) is 35.9 Å². The predicted octanol–water partition coefficient (Wildman–Crippen LogP) is 1.74. The van der Waals surface area contributed by atoms with Crippen molar-refractivity contribution in [2.24, 2.45) is 0 Å². The molecule has 0 aromatic heterocycles. The number of Topliss-reactive ketones (excluding diaryl/α,β-unsaturated/α-hetero) is 1. The number of carbonyl (C=O) groups excluding carboxylic acids is 2. The molecule has 2 N–H and O–H groups in total. The Morgan fingerprint density at radius 3 is 2.59 bits per heavy atom. The number of fused-ring (bicyclic) bond motifs is 1. The zero-order valence-corrected chi connectivity index (χ0v) is 17.2. The number of hydrogen-bond donors (Lipinski definition) is 2. The van der Waals surface area contributed by atoms with Crippen molar-refractivity contribution in [1.82, 2.24) is 4.90 Å². The van der Waals surface area contributed by atoms with E-state index in [1.165, 1.54) is 12.1 Å². The number of carboxylic acid groups (broad SMARTS) is 1. The summed E-state index contributed by atoms with van der Waals surface area (Å²) in [5, 5.41) is 18.9. The second-order valence-corrected chi connectivity index (χ2v) is 7.45. The van der Waals surface area contributed by atoms with Crippen molar-refractivity contribution < 1.29 is 38.8 Å². The number of β-amino-alcohol motifs (C(OH)–C–C–N with tert-alkyl or cyclic N) is 1. The van der Waals surface area contributed by atoms with E-state index in [-0.39, 0.29) is 24.5 Å². The lowest BCUT2D eigenvalue weighted by Gasteiger charge is -2.21. The lowest BCUT2D eigenvalue weighted by atomic mass is 10.1. The van der Waals surface area contributed by atoms with Gasteiger partial charge in [0.05, 0.1) is 18.8 Å². The number of ether oxygens (including phenoxy) is 3. The molecule has 9 heteroatoms. The molecule has 1 saturated heterocycles. The van der Waals surface area contributed by atoms with Gasteiger partial charge in [-0.1, -0.05) is 12.1 Å². The Labute approximate surface area is 183 Å². The minimum absolute atomic E-state index is 0.0147. The first kappa shape index (κ1) is 21.4. The highest BCUT2D eigenvalue weighted by Gasteiger charge is 2.39. The third-order valence-electron chi connectivity index (χ3n) is 5.30. The lowest BCUT2D eigenvalue weighted by Crippen LogP contribution is -2.42. The predicted molar refractivity (Wildman–Crippen MR) is 112 cm³/mol. The first-order valence-electron chi connectivity index (χ1n) is 9.91. The molecule has 2 aromatic carbocycles. The molecular weight excluding hydrogens is 418 g/mol.